The summed E-state index contributed by atoms with van der Waals surface area (Å²) in [4.78, 5) is 13.2. The number of fused-ring (bicyclic) bond motifs is 1. The Bertz CT molecular complexity index is 1350. The van der Waals surface area contributed by atoms with Crippen LogP contribution in [0.4, 0.5) is 11.4 Å². The number of aryl methyl sites for hydroxylation is 1. The minimum atomic E-state index is -4.19. The molecule has 32 heavy (non-hydrogen) atoms. The zero-order chi connectivity index (χ0) is 22.9. The first-order valence-electron chi connectivity index (χ1n) is 9.94. The van der Waals surface area contributed by atoms with E-state index in [0.717, 1.165) is 5.56 Å². The Kier molecular flexibility index (Phi) is 5.91. The normalized spacial score (nSPS) is 14.6. The van der Waals surface area contributed by atoms with E-state index in [1.54, 1.807) is 60.7 Å². The maximum atomic E-state index is 13.8. The molecule has 0 aromatic heterocycles. The van der Waals surface area contributed by atoms with Gasteiger partial charge in [-0.2, -0.15) is 0 Å². The predicted octanol–water partition coefficient (Wildman–Crippen LogP) is 5.38. The minimum absolute atomic E-state index is 0.0141. The van der Waals surface area contributed by atoms with E-state index in [-0.39, 0.29) is 11.4 Å². The summed E-state index contributed by atoms with van der Waals surface area (Å²) in [5.74, 6) is -0.714. The van der Waals surface area contributed by atoms with Crippen molar-refractivity contribution >= 4 is 44.5 Å². The number of anilines is 2. The lowest BCUT2D eigenvalue weighted by Gasteiger charge is -2.33. The molecule has 1 amide bonds. The van der Waals surface area contributed by atoms with E-state index in [9.17, 15) is 13.2 Å². The summed E-state index contributed by atoms with van der Waals surface area (Å²) in [7, 11) is -4.19. The number of carbonyl (C=O) groups excluding carboxylic acids is 1. The number of nitrogens with zero attached hydrogens (tertiary/aromatic N) is 1. The van der Waals surface area contributed by atoms with Gasteiger partial charge < -0.3 is 5.32 Å². The first-order valence-corrected chi connectivity index (χ1v) is 11.8. The second-order valence-electron chi connectivity index (χ2n) is 7.38. The maximum Gasteiger partial charge on any atom is 0.270 e. The van der Waals surface area contributed by atoms with Crippen molar-refractivity contribution in [3.05, 3.63) is 112 Å². The summed E-state index contributed by atoms with van der Waals surface area (Å²) < 4.78 is 28.7. The smallest absolute Gasteiger partial charge is 0.270 e. The highest BCUT2D eigenvalue weighted by Gasteiger charge is 2.41. The summed E-state index contributed by atoms with van der Waals surface area (Å²) in [5.41, 5.74) is 3.38. The molecule has 0 unspecified atom stereocenters. The second kappa shape index (κ2) is 8.65. The SMILES string of the molecule is C=CCN1c2ccc(Cl)cc2C(c2ccccc2)=C(C(=O)Nc2cccc(C)c2)S1(=O)=O. The first kappa shape index (κ1) is 21.9. The van der Waals surface area contributed by atoms with Crippen molar-refractivity contribution in [2.45, 2.75) is 6.92 Å². The number of halogens is 1. The predicted molar refractivity (Wildman–Crippen MR) is 130 cm³/mol. The molecule has 0 saturated heterocycles. The van der Waals surface area contributed by atoms with Gasteiger partial charge in [-0.15, -0.1) is 6.58 Å². The van der Waals surface area contributed by atoms with Crippen molar-refractivity contribution in [1.82, 2.24) is 0 Å². The van der Waals surface area contributed by atoms with Gasteiger partial charge in [-0.25, -0.2) is 8.42 Å². The first-order chi connectivity index (χ1) is 15.3. The molecule has 3 aromatic rings. The molecule has 0 fully saturated rings. The van der Waals surface area contributed by atoms with Gasteiger partial charge >= 0.3 is 0 Å². The van der Waals surface area contributed by atoms with E-state index in [1.165, 1.54) is 10.4 Å². The van der Waals surface area contributed by atoms with Crippen molar-refractivity contribution in [3.8, 4) is 0 Å². The minimum Gasteiger partial charge on any atom is -0.321 e. The van der Waals surface area contributed by atoms with Crippen LogP contribution in [0.3, 0.4) is 0 Å². The number of rotatable bonds is 5. The van der Waals surface area contributed by atoms with Crippen molar-refractivity contribution in [3.63, 3.8) is 0 Å². The fourth-order valence-electron chi connectivity index (χ4n) is 3.76. The summed E-state index contributed by atoms with van der Waals surface area (Å²) >= 11 is 6.29. The average Bonchev–Trinajstić information content (AvgIpc) is 2.75. The van der Waals surface area contributed by atoms with Crippen molar-refractivity contribution in [2.75, 3.05) is 16.2 Å². The molecular weight excluding hydrogens is 444 g/mol. The zero-order valence-electron chi connectivity index (χ0n) is 17.4. The highest BCUT2D eigenvalue weighted by molar-refractivity contribution is 7.97. The topological polar surface area (TPSA) is 66.5 Å². The molecule has 0 aliphatic carbocycles. The van der Waals surface area contributed by atoms with Gasteiger partial charge in [0.15, 0.2) is 4.91 Å². The number of sulfonamides is 1. The molecule has 1 aliphatic heterocycles. The van der Waals surface area contributed by atoms with Crippen molar-refractivity contribution in [1.29, 1.82) is 0 Å². The van der Waals surface area contributed by atoms with Crippen LogP contribution < -0.4 is 9.62 Å². The summed E-state index contributed by atoms with van der Waals surface area (Å²) in [6.07, 6.45) is 1.49. The van der Waals surface area contributed by atoms with Crippen LogP contribution in [0.1, 0.15) is 16.7 Å². The van der Waals surface area contributed by atoms with E-state index < -0.39 is 15.9 Å². The van der Waals surface area contributed by atoms with E-state index in [1.807, 2.05) is 19.1 Å². The molecule has 7 heteroatoms. The van der Waals surface area contributed by atoms with Gasteiger partial charge in [0.2, 0.25) is 0 Å². The Morgan fingerprint density at radius 2 is 1.81 bits per heavy atom. The fraction of sp³-hybridized carbons (Fsp3) is 0.0800. The number of hydrogen-bond acceptors (Lipinski definition) is 3. The summed E-state index contributed by atoms with van der Waals surface area (Å²) in [6.45, 7) is 5.60. The van der Waals surface area contributed by atoms with Crippen LogP contribution >= 0.6 is 11.6 Å². The van der Waals surface area contributed by atoms with Crippen LogP contribution in [0.5, 0.6) is 0 Å². The van der Waals surface area contributed by atoms with Crippen LogP contribution in [-0.4, -0.2) is 20.9 Å². The summed E-state index contributed by atoms with van der Waals surface area (Å²) in [6, 6.07) is 21.1. The van der Waals surface area contributed by atoms with Crippen LogP contribution in [0.25, 0.3) is 5.57 Å². The average molecular weight is 465 g/mol. The van der Waals surface area contributed by atoms with E-state index in [2.05, 4.69) is 11.9 Å². The Hall–Kier alpha value is -3.35. The lowest BCUT2D eigenvalue weighted by Crippen LogP contribution is -2.39. The quantitative estimate of drug-likeness (QED) is 0.515. The molecule has 1 N–H and O–H groups in total. The molecule has 0 spiro atoms. The molecule has 0 radical (unpaired) electrons. The highest BCUT2D eigenvalue weighted by Crippen LogP contribution is 2.44. The van der Waals surface area contributed by atoms with E-state index in [4.69, 9.17) is 11.6 Å². The van der Waals surface area contributed by atoms with Crippen LogP contribution in [0, 0.1) is 6.92 Å². The third kappa shape index (κ3) is 3.95. The van der Waals surface area contributed by atoms with Gasteiger partial charge in [0.25, 0.3) is 15.9 Å². The van der Waals surface area contributed by atoms with Crippen LogP contribution in [0.15, 0.2) is 90.4 Å². The van der Waals surface area contributed by atoms with Gasteiger partial charge in [0.05, 0.1) is 12.2 Å². The maximum absolute atomic E-state index is 13.8. The monoisotopic (exact) mass is 464 g/mol. The molecule has 0 bridgehead atoms. The summed E-state index contributed by atoms with van der Waals surface area (Å²) in [5, 5.41) is 3.19. The Morgan fingerprint density at radius 1 is 1.06 bits per heavy atom. The molecule has 1 aliphatic rings. The fourth-order valence-corrected chi connectivity index (χ4v) is 5.65. The number of carbonyl (C=O) groups is 1. The molecule has 4 rings (SSSR count). The van der Waals surface area contributed by atoms with Gasteiger partial charge in [-0.05, 0) is 48.4 Å². The molecule has 5 nitrogen and oxygen atoms in total. The molecule has 0 atom stereocenters. The third-order valence-electron chi connectivity index (χ3n) is 5.11. The van der Waals surface area contributed by atoms with Crippen molar-refractivity contribution < 1.29 is 13.2 Å². The molecule has 1 heterocycles. The van der Waals surface area contributed by atoms with E-state index >= 15 is 0 Å². The van der Waals surface area contributed by atoms with Crippen LogP contribution in [0.2, 0.25) is 5.02 Å². The standard InChI is InChI=1S/C25H21ClN2O3S/c1-3-14-28-22-13-12-19(26)16-21(22)23(18-9-5-4-6-10-18)24(32(28,30)31)25(29)27-20-11-7-8-17(2)15-20/h3-13,15-16H,1,14H2,2H3,(H,27,29). The zero-order valence-corrected chi connectivity index (χ0v) is 19.0. The highest BCUT2D eigenvalue weighted by atomic mass is 35.5. The number of amides is 1. The largest absolute Gasteiger partial charge is 0.321 e. The van der Waals surface area contributed by atoms with Gasteiger partial charge in [-0.3, -0.25) is 9.10 Å². The van der Waals surface area contributed by atoms with Crippen LogP contribution in [-0.2, 0) is 14.8 Å². The molecule has 0 saturated carbocycles. The second-order valence-corrected chi connectivity index (χ2v) is 9.62. The number of hydrogen-bond donors (Lipinski definition) is 1. The Morgan fingerprint density at radius 3 is 2.50 bits per heavy atom. The van der Waals surface area contributed by atoms with Gasteiger partial charge in [0.1, 0.15) is 0 Å². The van der Waals surface area contributed by atoms with Gasteiger partial charge in [0, 0.05) is 21.8 Å². The lowest BCUT2D eigenvalue weighted by molar-refractivity contribution is -0.112. The Balaban J connectivity index is 2.01. The van der Waals surface area contributed by atoms with Gasteiger partial charge in [-0.1, -0.05) is 60.1 Å². The molecule has 3 aromatic carbocycles. The number of benzene rings is 3. The third-order valence-corrected chi connectivity index (χ3v) is 7.18. The molecular formula is C25H21ClN2O3S. The Labute approximate surface area is 192 Å². The number of nitrogens with one attached hydrogen (secondary N) is 1. The van der Waals surface area contributed by atoms with Crippen molar-refractivity contribution in [2.24, 2.45) is 0 Å². The lowest BCUT2D eigenvalue weighted by atomic mass is 9.95. The van der Waals surface area contributed by atoms with E-state index in [0.29, 0.717) is 33.1 Å². The molecule has 162 valence electrons.